The zero-order valence-electron chi connectivity index (χ0n) is 9.42. The first-order valence-corrected chi connectivity index (χ1v) is 5.25. The molecule has 1 aromatic rings. The molecule has 0 fully saturated rings. The van der Waals surface area contributed by atoms with Crippen LogP contribution in [0.1, 0.15) is 24.0 Å². The Hall–Kier alpha value is -1.22. The minimum absolute atomic E-state index is 0.352. The molecule has 0 saturated carbocycles. The van der Waals surface area contributed by atoms with Crippen molar-refractivity contribution in [3.05, 3.63) is 23.3 Å². The highest BCUT2D eigenvalue weighted by atomic mass is 16.5. The Balaban J connectivity index is 2.78. The van der Waals surface area contributed by atoms with Crippen LogP contribution in [0.3, 0.4) is 0 Å². The quantitative estimate of drug-likeness (QED) is 0.729. The van der Waals surface area contributed by atoms with Gasteiger partial charge < -0.3 is 15.6 Å². The van der Waals surface area contributed by atoms with E-state index in [1.54, 1.807) is 13.2 Å². The summed E-state index contributed by atoms with van der Waals surface area (Å²) in [5.41, 5.74) is 7.32. The van der Waals surface area contributed by atoms with Crippen LogP contribution in [0, 0.1) is 6.92 Å². The summed E-state index contributed by atoms with van der Waals surface area (Å²) in [6, 6.07) is 3.65. The molecule has 3 heteroatoms. The summed E-state index contributed by atoms with van der Waals surface area (Å²) >= 11 is 0. The van der Waals surface area contributed by atoms with Gasteiger partial charge >= 0.3 is 0 Å². The minimum atomic E-state index is 0.352. The molecule has 0 unspecified atom stereocenters. The maximum atomic E-state index is 9.72. The van der Waals surface area contributed by atoms with Crippen LogP contribution in [-0.4, -0.2) is 18.8 Å². The molecule has 0 radical (unpaired) electrons. The molecule has 1 rings (SSSR count). The van der Waals surface area contributed by atoms with Crippen LogP contribution in [0.15, 0.2) is 12.1 Å². The number of phenols is 1. The van der Waals surface area contributed by atoms with Crippen molar-refractivity contribution in [2.24, 2.45) is 5.73 Å². The van der Waals surface area contributed by atoms with Gasteiger partial charge in [-0.05, 0) is 56.0 Å². The third kappa shape index (κ3) is 3.13. The molecule has 0 heterocycles. The molecular formula is C12H19NO2. The predicted molar refractivity (Wildman–Crippen MR) is 61.4 cm³/mol. The van der Waals surface area contributed by atoms with Gasteiger partial charge in [-0.1, -0.05) is 0 Å². The van der Waals surface area contributed by atoms with E-state index in [4.69, 9.17) is 10.5 Å². The molecule has 0 spiro atoms. The largest absolute Gasteiger partial charge is 0.508 e. The summed E-state index contributed by atoms with van der Waals surface area (Å²) in [4.78, 5) is 0. The van der Waals surface area contributed by atoms with Crippen molar-refractivity contribution in [2.45, 2.75) is 26.2 Å². The van der Waals surface area contributed by atoms with E-state index < -0.39 is 0 Å². The summed E-state index contributed by atoms with van der Waals surface area (Å²) in [5, 5.41) is 9.72. The van der Waals surface area contributed by atoms with Gasteiger partial charge in [-0.25, -0.2) is 0 Å². The van der Waals surface area contributed by atoms with Crippen molar-refractivity contribution in [1.82, 2.24) is 0 Å². The van der Waals surface area contributed by atoms with E-state index in [-0.39, 0.29) is 0 Å². The van der Waals surface area contributed by atoms with Crippen molar-refractivity contribution >= 4 is 0 Å². The standard InChI is InChI=1S/C12H19NO2/c1-9-7-11(14)10(5-3-4-6-13)8-12(9)15-2/h7-8,14H,3-6,13H2,1-2H3. The van der Waals surface area contributed by atoms with Crippen LogP contribution >= 0.6 is 0 Å². The molecule has 3 nitrogen and oxygen atoms in total. The van der Waals surface area contributed by atoms with Gasteiger partial charge in [-0.3, -0.25) is 0 Å². The summed E-state index contributed by atoms with van der Waals surface area (Å²) in [6.45, 7) is 2.62. The Morgan fingerprint density at radius 2 is 2.07 bits per heavy atom. The van der Waals surface area contributed by atoms with Gasteiger partial charge in [0.1, 0.15) is 11.5 Å². The van der Waals surface area contributed by atoms with Crippen molar-refractivity contribution in [3.8, 4) is 11.5 Å². The second-order valence-electron chi connectivity index (χ2n) is 3.70. The third-order valence-corrected chi connectivity index (χ3v) is 2.50. The fourth-order valence-electron chi connectivity index (χ4n) is 1.59. The smallest absolute Gasteiger partial charge is 0.122 e. The van der Waals surface area contributed by atoms with E-state index in [1.165, 1.54) is 0 Å². The number of rotatable bonds is 5. The minimum Gasteiger partial charge on any atom is -0.508 e. The van der Waals surface area contributed by atoms with Crippen molar-refractivity contribution in [2.75, 3.05) is 13.7 Å². The molecule has 84 valence electrons. The fourth-order valence-corrected chi connectivity index (χ4v) is 1.59. The molecule has 0 saturated heterocycles. The summed E-state index contributed by atoms with van der Waals surface area (Å²) in [7, 11) is 1.64. The fraction of sp³-hybridized carbons (Fsp3) is 0.500. The lowest BCUT2D eigenvalue weighted by atomic mass is 10.0. The summed E-state index contributed by atoms with van der Waals surface area (Å²) in [5.74, 6) is 1.18. The number of aromatic hydroxyl groups is 1. The third-order valence-electron chi connectivity index (χ3n) is 2.50. The zero-order valence-corrected chi connectivity index (χ0v) is 9.42. The number of benzene rings is 1. The normalized spacial score (nSPS) is 10.3. The van der Waals surface area contributed by atoms with Crippen LogP contribution in [0.25, 0.3) is 0 Å². The molecular weight excluding hydrogens is 190 g/mol. The van der Waals surface area contributed by atoms with Crippen LogP contribution in [0.4, 0.5) is 0 Å². The first-order chi connectivity index (χ1) is 7.19. The van der Waals surface area contributed by atoms with Gasteiger partial charge in [0, 0.05) is 0 Å². The highest BCUT2D eigenvalue weighted by molar-refractivity contribution is 5.45. The number of phenolic OH excluding ortho intramolecular Hbond substituents is 1. The zero-order chi connectivity index (χ0) is 11.3. The number of aryl methyl sites for hydroxylation is 2. The van der Waals surface area contributed by atoms with E-state index in [9.17, 15) is 5.11 Å². The lowest BCUT2D eigenvalue weighted by Crippen LogP contribution is -1.99. The monoisotopic (exact) mass is 209 g/mol. The Kier molecular flexibility index (Phi) is 4.43. The van der Waals surface area contributed by atoms with Gasteiger partial charge in [0.25, 0.3) is 0 Å². The maximum absolute atomic E-state index is 9.72. The van der Waals surface area contributed by atoms with E-state index >= 15 is 0 Å². The topological polar surface area (TPSA) is 55.5 Å². The van der Waals surface area contributed by atoms with Crippen LogP contribution in [0.2, 0.25) is 0 Å². The Morgan fingerprint density at radius 3 is 2.67 bits per heavy atom. The van der Waals surface area contributed by atoms with Crippen LogP contribution in [-0.2, 0) is 6.42 Å². The lowest BCUT2D eigenvalue weighted by molar-refractivity contribution is 0.407. The predicted octanol–water partition coefficient (Wildman–Crippen LogP) is 1.99. The Morgan fingerprint density at radius 1 is 1.33 bits per heavy atom. The SMILES string of the molecule is COc1cc(CCCCN)c(O)cc1C. The molecule has 1 aromatic carbocycles. The maximum Gasteiger partial charge on any atom is 0.122 e. The average molecular weight is 209 g/mol. The molecule has 0 aliphatic carbocycles. The van der Waals surface area contributed by atoms with Gasteiger partial charge in [0.05, 0.1) is 7.11 Å². The van der Waals surface area contributed by atoms with Crippen LogP contribution < -0.4 is 10.5 Å². The number of nitrogens with two attached hydrogens (primary N) is 1. The number of unbranched alkanes of at least 4 members (excludes halogenated alkanes) is 1. The molecule has 15 heavy (non-hydrogen) atoms. The van der Waals surface area contributed by atoms with Gasteiger partial charge in [0.2, 0.25) is 0 Å². The van der Waals surface area contributed by atoms with Gasteiger partial charge in [-0.2, -0.15) is 0 Å². The second-order valence-corrected chi connectivity index (χ2v) is 3.70. The average Bonchev–Trinajstić information content (AvgIpc) is 2.21. The van der Waals surface area contributed by atoms with Crippen LogP contribution in [0.5, 0.6) is 11.5 Å². The van der Waals surface area contributed by atoms with Gasteiger partial charge in [-0.15, -0.1) is 0 Å². The number of hydrogen-bond donors (Lipinski definition) is 2. The van der Waals surface area contributed by atoms with Crippen molar-refractivity contribution in [3.63, 3.8) is 0 Å². The summed E-state index contributed by atoms with van der Waals surface area (Å²) in [6.07, 6.45) is 2.82. The molecule has 0 bridgehead atoms. The Bertz CT molecular complexity index is 324. The number of ether oxygens (including phenoxy) is 1. The summed E-state index contributed by atoms with van der Waals surface area (Å²) < 4.78 is 5.21. The molecule has 0 aliphatic rings. The lowest BCUT2D eigenvalue weighted by Gasteiger charge is -2.09. The van der Waals surface area contributed by atoms with E-state index in [0.717, 1.165) is 36.1 Å². The van der Waals surface area contributed by atoms with Crippen molar-refractivity contribution < 1.29 is 9.84 Å². The van der Waals surface area contributed by atoms with E-state index in [2.05, 4.69) is 0 Å². The molecule has 0 amide bonds. The molecule has 0 aliphatic heterocycles. The van der Waals surface area contributed by atoms with Gasteiger partial charge in [0.15, 0.2) is 0 Å². The first kappa shape index (κ1) is 11.9. The first-order valence-electron chi connectivity index (χ1n) is 5.25. The second kappa shape index (κ2) is 5.61. The van der Waals surface area contributed by atoms with Crippen molar-refractivity contribution in [1.29, 1.82) is 0 Å². The molecule has 0 aromatic heterocycles. The molecule has 3 N–H and O–H groups in total. The Labute approximate surface area is 90.9 Å². The van der Waals surface area contributed by atoms with E-state index in [0.29, 0.717) is 12.3 Å². The highest BCUT2D eigenvalue weighted by Gasteiger charge is 2.06. The number of hydrogen-bond acceptors (Lipinski definition) is 3. The highest BCUT2D eigenvalue weighted by Crippen LogP contribution is 2.28. The molecule has 0 atom stereocenters. The van der Waals surface area contributed by atoms with E-state index in [1.807, 2.05) is 13.0 Å². The number of methoxy groups -OCH3 is 1.